The summed E-state index contributed by atoms with van der Waals surface area (Å²) in [5.74, 6) is 0.398. The van der Waals surface area contributed by atoms with E-state index in [2.05, 4.69) is 16.8 Å². The summed E-state index contributed by atoms with van der Waals surface area (Å²) in [6.45, 7) is 4.35. The summed E-state index contributed by atoms with van der Waals surface area (Å²) in [5, 5.41) is 0. The van der Waals surface area contributed by atoms with Gasteiger partial charge in [-0.3, -0.25) is 14.5 Å². The number of likely N-dealkylation sites (N-methyl/N-ethyl adjacent to an activating group) is 1. The molecule has 2 aromatic rings. The molecule has 0 radical (unpaired) electrons. The second-order valence-electron chi connectivity index (χ2n) is 9.10. The molecule has 33 heavy (non-hydrogen) atoms. The van der Waals surface area contributed by atoms with E-state index < -0.39 is 0 Å². The SMILES string of the molecule is COc1ccc(CCN2C(=O)C(c3ccc(C)cc3)=C(N(C)C3CCN(C)CC3)C2=O)cc1. The number of likely N-dealkylation sites (tertiary alicyclic amines) is 1. The first-order valence-corrected chi connectivity index (χ1v) is 11.6. The molecule has 0 aromatic heterocycles. The minimum atomic E-state index is -0.202. The summed E-state index contributed by atoms with van der Waals surface area (Å²) in [5.41, 5.74) is 4.05. The first-order chi connectivity index (χ1) is 15.9. The lowest BCUT2D eigenvalue weighted by Crippen LogP contribution is -2.43. The Labute approximate surface area is 196 Å². The van der Waals surface area contributed by atoms with Crippen LogP contribution in [0.5, 0.6) is 5.75 Å². The van der Waals surface area contributed by atoms with E-state index >= 15 is 0 Å². The quantitative estimate of drug-likeness (QED) is 0.610. The van der Waals surface area contributed by atoms with Crippen molar-refractivity contribution in [3.63, 3.8) is 0 Å². The molecule has 2 heterocycles. The van der Waals surface area contributed by atoms with Gasteiger partial charge >= 0.3 is 0 Å². The van der Waals surface area contributed by atoms with Crippen LogP contribution in [0.3, 0.4) is 0 Å². The molecule has 0 unspecified atom stereocenters. The monoisotopic (exact) mass is 447 g/mol. The van der Waals surface area contributed by atoms with Crippen molar-refractivity contribution in [2.24, 2.45) is 0 Å². The first-order valence-electron chi connectivity index (χ1n) is 11.6. The van der Waals surface area contributed by atoms with E-state index in [0.717, 1.165) is 48.4 Å². The topological polar surface area (TPSA) is 53.1 Å². The molecule has 0 N–H and O–H groups in total. The van der Waals surface area contributed by atoms with Gasteiger partial charge in [-0.05, 0) is 69.6 Å². The van der Waals surface area contributed by atoms with Crippen LogP contribution in [0, 0.1) is 6.92 Å². The maximum absolute atomic E-state index is 13.6. The second-order valence-corrected chi connectivity index (χ2v) is 9.10. The minimum Gasteiger partial charge on any atom is -0.497 e. The van der Waals surface area contributed by atoms with Crippen molar-refractivity contribution < 1.29 is 14.3 Å². The number of nitrogens with zero attached hydrogens (tertiary/aromatic N) is 3. The molecule has 0 spiro atoms. The molecular weight excluding hydrogens is 414 g/mol. The van der Waals surface area contributed by atoms with Crippen molar-refractivity contribution in [2.75, 3.05) is 40.8 Å². The third-order valence-corrected chi connectivity index (χ3v) is 6.86. The maximum Gasteiger partial charge on any atom is 0.277 e. The summed E-state index contributed by atoms with van der Waals surface area (Å²) < 4.78 is 5.22. The Kier molecular flexibility index (Phi) is 6.84. The number of hydrogen-bond acceptors (Lipinski definition) is 5. The van der Waals surface area contributed by atoms with Crippen molar-refractivity contribution in [3.8, 4) is 5.75 Å². The van der Waals surface area contributed by atoms with E-state index in [4.69, 9.17) is 4.74 Å². The van der Waals surface area contributed by atoms with E-state index in [0.29, 0.717) is 24.2 Å². The molecule has 0 aliphatic carbocycles. The molecule has 0 bridgehead atoms. The van der Waals surface area contributed by atoms with E-state index in [1.54, 1.807) is 7.11 Å². The number of carbonyl (C=O) groups is 2. The standard InChI is InChI=1S/C27H33N3O3/c1-19-5-9-21(10-6-19)24-25(29(3)22-14-16-28(2)17-15-22)27(32)30(26(24)31)18-13-20-7-11-23(33-4)12-8-20/h5-12,22H,13-18H2,1-4H3. The molecule has 2 aliphatic rings. The van der Waals surface area contributed by atoms with Gasteiger partial charge in [0.25, 0.3) is 11.8 Å². The number of benzene rings is 2. The number of amides is 2. The zero-order chi connectivity index (χ0) is 23.5. The number of ether oxygens (including phenoxy) is 1. The Balaban J connectivity index is 1.61. The fourth-order valence-corrected chi connectivity index (χ4v) is 4.67. The van der Waals surface area contributed by atoms with Gasteiger partial charge in [0.1, 0.15) is 11.4 Å². The summed E-state index contributed by atoms with van der Waals surface area (Å²) in [6.07, 6.45) is 2.56. The predicted octanol–water partition coefficient (Wildman–Crippen LogP) is 3.35. The second kappa shape index (κ2) is 9.79. The lowest BCUT2D eigenvalue weighted by atomic mass is 9.99. The number of hydrogen-bond donors (Lipinski definition) is 0. The minimum absolute atomic E-state index is 0.189. The lowest BCUT2D eigenvalue weighted by Gasteiger charge is -2.36. The molecule has 4 rings (SSSR count). The molecule has 6 nitrogen and oxygen atoms in total. The Bertz CT molecular complexity index is 1040. The molecule has 0 saturated carbocycles. The first kappa shape index (κ1) is 23.1. The zero-order valence-electron chi connectivity index (χ0n) is 20.0. The van der Waals surface area contributed by atoms with Gasteiger partial charge in [-0.25, -0.2) is 0 Å². The summed E-state index contributed by atoms with van der Waals surface area (Å²) >= 11 is 0. The average molecular weight is 448 g/mol. The largest absolute Gasteiger partial charge is 0.497 e. The Morgan fingerprint density at radius 2 is 1.61 bits per heavy atom. The fourth-order valence-electron chi connectivity index (χ4n) is 4.67. The van der Waals surface area contributed by atoms with Gasteiger partial charge in [0.15, 0.2) is 0 Å². The van der Waals surface area contributed by atoms with Crippen LogP contribution in [0.2, 0.25) is 0 Å². The van der Waals surface area contributed by atoms with Crippen molar-refractivity contribution in [1.82, 2.24) is 14.7 Å². The third-order valence-electron chi connectivity index (χ3n) is 6.86. The predicted molar refractivity (Wildman–Crippen MR) is 130 cm³/mol. The Morgan fingerprint density at radius 1 is 0.970 bits per heavy atom. The van der Waals surface area contributed by atoms with Gasteiger partial charge in [-0.2, -0.15) is 0 Å². The molecule has 2 amide bonds. The van der Waals surface area contributed by atoms with Crippen LogP contribution in [0.4, 0.5) is 0 Å². The molecule has 2 aromatic carbocycles. The fraction of sp³-hybridized carbons (Fsp3) is 0.407. The van der Waals surface area contributed by atoms with Crippen LogP contribution in [-0.2, 0) is 16.0 Å². The van der Waals surface area contributed by atoms with E-state index in [1.807, 2.05) is 62.5 Å². The van der Waals surface area contributed by atoms with Gasteiger partial charge in [-0.15, -0.1) is 0 Å². The van der Waals surface area contributed by atoms with Crippen LogP contribution in [-0.4, -0.2) is 73.4 Å². The highest BCUT2D eigenvalue weighted by molar-refractivity contribution is 6.35. The van der Waals surface area contributed by atoms with Gasteiger partial charge in [0.2, 0.25) is 0 Å². The highest BCUT2D eigenvalue weighted by Gasteiger charge is 2.42. The summed E-state index contributed by atoms with van der Waals surface area (Å²) in [7, 11) is 5.73. The molecule has 1 saturated heterocycles. The van der Waals surface area contributed by atoms with Crippen LogP contribution in [0.1, 0.15) is 29.5 Å². The average Bonchev–Trinajstić information content (AvgIpc) is 3.08. The third kappa shape index (κ3) is 4.81. The van der Waals surface area contributed by atoms with Gasteiger partial charge in [0.05, 0.1) is 12.7 Å². The number of carbonyl (C=O) groups excluding carboxylic acids is 2. The molecular formula is C27H33N3O3. The van der Waals surface area contributed by atoms with Crippen LogP contribution >= 0.6 is 0 Å². The highest BCUT2D eigenvalue weighted by atomic mass is 16.5. The van der Waals surface area contributed by atoms with Gasteiger partial charge in [0, 0.05) is 19.6 Å². The molecule has 0 atom stereocenters. The number of piperidine rings is 1. The van der Waals surface area contributed by atoms with Gasteiger partial charge in [-0.1, -0.05) is 42.0 Å². The van der Waals surface area contributed by atoms with Crippen LogP contribution in [0.15, 0.2) is 54.2 Å². The maximum atomic E-state index is 13.6. The van der Waals surface area contributed by atoms with Gasteiger partial charge < -0.3 is 14.5 Å². The Hall–Kier alpha value is -3.12. The summed E-state index contributed by atoms with van der Waals surface area (Å²) in [4.78, 5) is 33.0. The van der Waals surface area contributed by atoms with Crippen molar-refractivity contribution in [3.05, 3.63) is 70.9 Å². The zero-order valence-corrected chi connectivity index (χ0v) is 20.0. The van der Waals surface area contributed by atoms with Crippen molar-refractivity contribution in [2.45, 2.75) is 32.2 Å². The number of aryl methyl sites for hydroxylation is 1. The molecule has 6 heteroatoms. The van der Waals surface area contributed by atoms with E-state index in [9.17, 15) is 9.59 Å². The smallest absolute Gasteiger partial charge is 0.277 e. The normalized spacial score (nSPS) is 17.8. The Morgan fingerprint density at radius 3 is 2.21 bits per heavy atom. The van der Waals surface area contributed by atoms with E-state index in [-0.39, 0.29) is 17.9 Å². The number of rotatable bonds is 7. The summed E-state index contributed by atoms with van der Waals surface area (Å²) in [6, 6.07) is 15.9. The van der Waals surface area contributed by atoms with Crippen LogP contribution in [0.25, 0.3) is 5.57 Å². The number of imide groups is 1. The molecule has 1 fully saturated rings. The molecule has 174 valence electrons. The van der Waals surface area contributed by atoms with Crippen LogP contribution < -0.4 is 4.74 Å². The van der Waals surface area contributed by atoms with E-state index in [1.165, 1.54) is 4.90 Å². The number of methoxy groups -OCH3 is 1. The van der Waals surface area contributed by atoms with Crippen molar-refractivity contribution >= 4 is 17.4 Å². The van der Waals surface area contributed by atoms with Crippen molar-refractivity contribution in [1.29, 1.82) is 0 Å². The molecule has 2 aliphatic heterocycles. The highest BCUT2D eigenvalue weighted by Crippen LogP contribution is 2.33. The lowest BCUT2D eigenvalue weighted by molar-refractivity contribution is -0.137.